The first kappa shape index (κ1) is 25.5. The van der Waals surface area contributed by atoms with E-state index in [-0.39, 0.29) is 5.56 Å². The molecule has 0 aliphatic heterocycles. The third-order valence-electron chi connectivity index (χ3n) is 6.03. The molecule has 38 heavy (non-hydrogen) atoms. The fourth-order valence-corrected chi connectivity index (χ4v) is 4.89. The Balaban J connectivity index is 1.32. The fourth-order valence-electron chi connectivity index (χ4n) is 3.98. The minimum absolute atomic E-state index is 0.206. The summed E-state index contributed by atoms with van der Waals surface area (Å²) in [4.78, 5) is 18.2. The van der Waals surface area contributed by atoms with Crippen molar-refractivity contribution in [2.75, 3.05) is 13.7 Å². The summed E-state index contributed by atoms with van der Waals surface area (Å²) in [6.07, 6.45) is 5.18. The van der Waals surface area contributed by atoms with Gasteiger partial charge in [-0.05, 0) is 60.0 Å². The van der Waals surface area contributed by atoms with Crippen molar-refractivity contribution in [3.63, 3.8) is 0 Å². The molecule has 5 rings (SSSR count). The molecule has 8 heteroatoms. The molecule has 0 N–H and O–H groups in total. The van der Waals surface area contributed by atoms with Gasteiger partial charge < -0.3 is 14.2 Å². The Kier molecular flexibility index (Phi) is 7.99. The van der Waals surface area contributed by atoms with Crippen LogP contribution in [0.3, 0.4) is 0 Å². The van der Waals surface area contributed by atoms with Crippen LogP contribution < -0.4 is 24.3 Å². The summed E-state index contributed by atoms with van der Waals surface area (Å²) in [6, 6.07) is 23.2. The SMILES string of the molecule is CCCCCOc1ccc(-c2nc3sc(=Cc4ccc(OCc5ccccc5)c(OC)c4)c(=O)n3n2)cc1. The highest BCUT2D eigenvalue weighted by Crippen LogP contribution is 2.29. The molecule has 0 fully saturated rings. The van der Waals surface area contributed by atoms with Gasteiger partial charge in [-0.3, -0.25) is 4.79 Å². The summed E-state index contributed by atoms with van der Waals surface area (Å²) in [7, 11) is 1.60. The van der Waals surface area contributed by atoms with Crippen LogP contribution in [0.1, 0.15) is 37.3 Å². The van der Waals surface area contributed by atoms with Gasteiger partial charge >= 0.3 is 0 Å². The van der Waals surface area contributed by atoms with Crippen molar-refractivity contribution in [3.05, 3.63) is 98.8 Å². The molecular formula is C30H29N3O4S. The van der Waals surface area contributed by atoms with Crippen molar-refractivity contribution in [1.82, 2.24) is 14.6 Å². The molecule has 7 nitrogen and oxygen atoms in total. The Bertz CT molecular complexity index is 1610. The van der Waals surface area contributed by atoms with Gasteiger partial charge in [0.05, 0.1) is 18.2 Å². The van der Waals surface area contributed by atoms with Crippen molar-refractivity contribution in [2.45, 2.75) is 32.8 Å². The van der Waals surface area contributed by atoms with Gasteiger partial charge in [-0.2, -0.15) is 9.50 Å². The maximum absolute atomic E-state index is 13.0. The molecule has 0 bridgehead atoms. The van der Waals surface area contributed by atoms with E-state index in [0.717, 1.165) is 41.7 Å². The second-order valence-corrected chi connectivity index (χ2v) is 9.82. The van der Waals surface area contributed by atoms with Gasteiger partial charge in [0.2, 0.25) is 4.96 Å². The van der Waals surface area contributed by atoms with Crippen LogP contribution >= 0.6 is 11.3 Å². The van der Waals surface area contributed by atoms with E-state index in [1.54, 1.807) is 7.11 Å². The second-order valence-electron chi connectivity index (χ2n) is 8.81. The van der Waals surface area contributed by atoms with Crippen LogP contribution in [0.5, 0.6) is 17.2 Å². The lowest BCUT2D eigenvalue weighted by Crippen LogP contribution is -2.23. The maximum atomic E-state index is 13.0. The third kappa shape index (κ3) is 5.86. The first-order valence-corrected chi connectivity index (χ1v) is 13.5. The predicted molar refractivity (Wildman–Crippen MR) is 150 cm³/mol. The largest absolute Gasteiger partial charge is 0.494 e. The van der Waals surface area contributed by atoms with Crippen LogP contribution in [0.15, 0.2) is 77.6 Å². The highest BCUT2D eigenvalue weighted by molar-refractivity contribution is 7.15. The summed E-state index contributed by atoms with van der Waals surface area (Å²) >= 11 is 1.30. The number of rotatable bonds is 11. The van der Waals surface area contributed by atoms with Gasteiger partial charge in [0.15, 0.2) is 17.3 Å². The molecule has 3 aromatic carbocycles. The summed E-state index contributed by atoms with van der Waals surface area (Å²) in [6.45, 7) is 3.32. The Labute approximate surface area is 225 Å². The zero-order valence-electron chi connectivity index (χ0n) is 21.4. The van der Waals surface area contributed by atoms with Gasteiger partial charge in [0.25, 0.3) is 5.56 Å². The second kappa shape index (κ2) is 11.9. The van der Waals surface area contributed by atoms with Crippen molar-refractivity contribution < 1.29 is 14.2 Å². The van der Waals surface area contributed by atoms with E-state index in [1.165, 1.54) is 15.9 Å². The summed E-state index contributed by atoms with van der Waals surface area (Å²) < 4.78 is 19.2. The highest BCUT2D eigenvalue weighted by atomic mass is 32.1. The topological polar surface area (TPSA) is 75.0 Å². The normalized spacial score (nSPS) is 11.7. The molecule has 2 heterocycles. The number of ether oxygens (including phenoxy) is 3. The van der Waals surface area contributed by atoms with Crippen LogP contribution in [0.25, 0.3) is 22.4 Å². The first-order chi connectivity index (χ1) is 18.6. The molecule has 2 aromatic heterocycles. The molecule has 0 aliphatic carbocycles. The molecule has 0 spiro atoms. The molecule has 0 atom stereocenters. The van der Waals surface area contributed by atoms with Gasteiger partial charge in [0, 0.05) is 5.56 Å². The first-order valence-electron chi connectivity index (χ1n) is 12.6. The monoisotopic (exact) mass is 527 g/mol. The minimum atomic E-state index is -0.206. The summed E-state index contributed by atoms with van der Waals surface area (Å²) in [5.41, 5.74) is 2.53. The Morgan fingerprint density at radius 1 is 0.947 bits per heavy atom. The Hall–Kier alpha value is -4.17. The zero-order chi connectivity index (χ0) is 26.3. The van der Waals surface area contributed by atoms with E-state index in [1.807, 2.05) is 78.9 Å². The number of benzene rings is 3. The van der Waals surface area contributed by atoms with Gasteiger partial charge in [-0.25, -0.2) is 0 Å². The maximum Gasteiger partial charge on any atom is 0.291 e. The zero-order valence-corrected chi connectivity index (χ0v) is 22.2. The number of methoxy groups -OCH3 is 1. The predicted octanol–water partition coefficient (Wildman–Crippen LogP) is 5.52. The summed E-state index contributed by atoms with van der Waals surface area (Å²) in [5, 5.41) is 4.46. The summed E-state index contributed by atoms with van der Waals surface area (Å²) in [5.74, 6) is 2.57. The van der Waals surface area contributed by atoms with Gasteiger partial charge in [0.1, 0.15) is 12.4 Å². The molecular weight excluding hydrogens is 498 g/mol. The lowest BCUT2D eigenvalue weighted by atomic mass is 10.2. The van der Waals surface area contributed by atoms with Gasteiger partial charge in [-0.1, -0.05) is 67.5 Å². The van der Waals surface area contributed by atoms with Crippen LogP contribution in [0.4, 0.5) is 0 Å². The fraction of sp³-hybridized carbons (Fsp3) is 0.233. The lowest BCUT2D eigenvalue weighted by Gasteiger charge is -2.11. The Morgan fingerprint density at radius 2 is 1.76 bits per heavy atom. The van der Waals surface area contributed by atoms with Crippen LogP contribution in [0.2, 0.25) is 0 Å². The third-order valence-corrected chi connectivity index (χ3v) is 6.99. The molecule has 0 saturated carbocycles. The van der Waals surface area contributed by atoms with E-state index < -0.39 is 0 Å². The molecule has 0 amide bonds. The average Bonchev–Trinajstić information content (AvgIpc) is 3.50. The van der Waals surface area contributed by atoms with Crippen molar-refractivity contribution in [3.8, 4) is 28.6 Å². The standard InChI is InChI=1S/C30H29N3O4S/c1-3-4-8-17-36-24-14-12-23(13-15-24)28-31-30-33(32-28)29(34)27(38-30)19-22-11-16-25(26(18-22)35-2)37-20-21-9-6-5-7-10-21/h5-7,9-16,18-19H,3-4,8,17,20H2,1-2H3. The lowest BCUT2D eigenvalue weighted by molar-refractivity contribution is 0.284. The van der Waals surface area contributed by atoms with E-state index in [9.17, 15) is 4.79 Å². The number of fused-ring (bicyclic) bond motifs is 1. The number of aromatic nitrogens is 3. The molecule has 0 unspecified atom stereocenters. The van der Waals surface area contributed by atoms with Crippen molar-refractivity contribution >= 4 is 22.4 Å². The van der Waals surface area contributed by atoms with E-state index in [0.29, 0.717) is 40.0 Å². The van der Waals surface area contributed by atoms with E-state index >= 15 is 0 Å². The minimum Gasteiger partial charge on any atom is -0.494 e. The van der Waals surface area contributed by atoms with E-state index in [2.05, 4.69) is 17.0 Å². The number of thiazole rings is 1. The highest BCUT2D eigenvalue weighted by Gasteiger charge is 2.13. The van der Waals surface area contributed by atoms with Crippen LogP contribution in [0, 0.1) is 0 Å². The van der Waals surface area contributed by atoms with Crippen LogP contribution in [-0.4, -0.2) is 28.3 Å². The molecule has 0 aliphatic rings. The Morgan fingerprint density at radius 3 is 2.50 bits per heavy atom. The molecule has 5 aromatic rings. The quantitative estimate of drug-likeness (QED) is 0.211. The van der Waals surface area contributed by atoms with Crippen molar-refractivity contribution in [1.29, 1.82) is 0 Å². The van der Waals surface area contributed by atoms with E-state index in [4.69, 9.17) is 14.2 Å². The average molecular weight is 528 g/mol. The molecule has 0 saturated heterocycles. The number of hydrogen-bond acceptors (Lipinski definition) is 7. The van der Waals surface area contributed by atoms with Crippen molar-refractivity contribution in [2.24, 2.45) is 0 Å². The number of unbranched alkanes of at least 4 members (excludes halogenated alkanes) is 2. The molecule has 0 radical (unpaired) electrons. The number of nitrogens with zero attached hydrogens (tertiary/aromatic N) is 3. The van der Waals surface area contributed by atoms with Gasteiger partial charge in [-0.15, -0.1) is 5.10 Å². The smallest absolute Gasteiger partial charge is 0.291 e. The molecule has 194 valence electrons. The van der Waals surface area contributed by atoms with Crippen LogP contribution in [-0.2, 0) is 6.61 Å². The number of hydrogen-bond donors (Lipinski definition) is 0.